The van der Waals surface area contributed by atoms with Crippen molar-refractivity contribution in [1.29, 1.82) is 0 Å². The third-order valence-corrected chi connectivity index (χ3v) is 5.02. The van der Waals surface area contributed by atoms with E-state index in [0.717, 1.165) is 24.1 Å². The Balaban J connectivity index is 1.64. The second-order valence-corrected chi connectivity index (χ2v) is 7.13. The highest BCUT2D eigenvalue weighted by molar-refractivity contribution is 5.88. The molecule has 21 heavy (non-hydrogen) atoms. The maximum Gasteiger partial charge on any atom is 0.360 e. The number of hydrogen-bond acceptors (Lipinski definition) is 4. The Morgan fingerprint density at radius 1 is 1.38 bits per heavy atom. The van der Waals surface area contributed by atoms with Crippen LogP contribution in [0.15, 0.2) is 0 Å². The van der Waals surface area contributed by atoms with E-state index in [0.29, 0.717) is 24.1 Å². The van der Waals surface area contributed by atoms with Crippen LogP contribution in [0.3, 0.4) is 0 Å². The molecule has 2 saturated carbocycles. The van der Waals surface area contributed by atoms with Crippen molar-refractivity contribution in [2.45, 2.75) is 53.0 Å². The van der Waals surface area contributed by atoms with Crippen LogP contribution >= 0.6 is 0 Å². The van der Waals surface area contributed by atoms with Gasteiger partial charge < -0.3 is 4.74 Å². The van der Waals surface area contributed by atoms with Gasteiger partial charge in [-0.2, -0.15) is 0 Å². The summed E-state index contributed by atoms with van der Waals surface area (Å²) < 4.78 is 7.15. The molecule has 0 aromatic carbocycles. The lowest BCUT2D eigenvalue weighted by molar-refractivity contribution is 0.0451. The highest BCUT2D eigenvalue weighted by Gasteiger charge is 2.39. The number of nitrogens with zero attached hydrogens (tertiary/aromatic N) is 3. The maximum atomic E-state index is 12.0. The third-order valence-electron chi connectivity index (χ3n) is 5.02. The van der Waals surface area contributed by atoms with Gasteiger partial charge in [0.15, 0.2) is 5.69 Å². The summed E-state index contributed by atoms with van der Waals surface area (Å²) in [6.07, 6.45) is 5.48. The van der Waals surface area contributed by atoms with Gasteiger partial charge in [-0.3, -0.25) is 0 Å². The fourth-order valence-electron chi connectivity index (χ4n) is 3.86. The maximum absolute atomic E-state index is 12.0. The van der Waals surface area contributed by atoms with E-state index in [1.165, 1.54) is 25.7 Å². The summed E-state index contributed by atoms with van der Waals surface area (Å²) in [6, 6.07) is 0. The molecule has 0 radical (unpaired) electrons. The average Bonchev–Trinajstić information content (AvgIpc) is 3.13. The number of esters is 1. The van der Waals surface area contributed by atoms with Crippen molar-refractivity contribution in [2.24, 2.45) is 23.7 Å². The minimum Gasteiger partial charge on any atom is -0.461 e. The molecule has 3 rings (SSSR count). The van der Waals surface area contributed by atoms with Gasteiger partial charge in [0, 0.05) is 6.54 Å². The van der Waals surface area contributed by atoms with Crippen LogP contribution in [0, 0.1) is 30.6 Å². The van der Waals surface area contributed by atoms with Crippen LogP contribution in [-0.4, -0.2) is 27.6 Å². The summed E-state index contributed by atoms with van der Waals surface area (Å²) in [7, 11) is 0. The first-order chi connectivity index (χ1) is 10.0. The van der Waals surface area contributed by atoms with E-state index < -0.39 is 0 Å². The van der Waals surface area contributed by atoms with Crippen LogP contribution in [0.4, 0.5) is 0 Å². The van der Waals surface area contributed by atoms with Gasteiger partial charge in [-0.1, -0.05) is 25.5 Å². The summed E-state index contributed by atoms with van der Waals surface area (Å²) in [5, 5.41) is 8.21. The molecule has 0 aliphatic heterocycles. The molecule has 1 aromatic rings. The van der Waals surface area contributed by atoms with E-state index in [1.807, 2.05) is 25.5 Å². The number of fused-ring (bicyclic) bond motifs is 2. The van der Waals surface area contributed by atoms with E-state index in [1.54, 1.807) is 0 Å². The minimum atomic E-state index is -0.347. The summed E-state index contributed by atoms with van der Waals surface area (Å²) >= 11 is 0. The van der Waals surface area contributed by atoms with Crippen molar-refractivity contribution < 1.29 is 9.53 Å². The molecule has 0 spiro atoms. The fraction of sp³-hybridized carbons (Fsp3) is 0.812. The van der Waals surface area contributed by atoms with Crippen molar-refractivity contribution >= 4 is 5.97 Å². The smallest absolute Gasteiger partial charge is 0.360 e. The molecule has 1 aromatic heterocycles. The largest absolute Gasteiger partial charge is 0.461 e. The molecule has 3 unspecified atom stereocenters. The lowest BCUT2D eigenvalue weighted by Gasteiger charge is -2.21. The molecule has 5 heteroatoms. The van der Waals surface area contributed by atoms with Crippen LogP contribution in [-0.2, 0) is 11.3 Å². The minimum absolute atomic E-state index is 0.332. The van der Waals surface area contributed by atoms with Crippen molar-refractivity contribution in [3.05, 3.63) is 11.4 Å². The molecule has 2 aliphatic carbocycles. The van der Waals surface area contributed by atoms with Crippen LogP contribution in [0.5, 0.6) is 0 Å². The lowest BCUT2D eigenvalue weighted by Crippen LogP contribution is -2.19. The molecule has 0 N–H and O–H groups in total. The lowest BCUT2D eigenvalue weighted by atomic mass is 9.89. The van der Waals surface area contributed by atoms with Gasteiger partial charge in [-0.15, -0.1) is 5.10 Å². The average molecular weight is 291 g/mol. The predicted molar refractivity (Wildman–Crippen MR) is 78.8 cm³/mol. The second-order valence-electron chi connectivity index (χ2n) is 7.13. The molecular weight excluding hydrogens is 266 g/mol. The Bertz CT molecular complexity index is 524. The quantitative estimate of drug-likeness (QED) is 0.783. The second kappa shape index (κ2) is 5.78. The number of hydrogen-bond donors (Lipinski definition) is 0. The first-order valence-electron chi connectivity index (χ1n) is 8.11. The van der Waals surface area contributed by atoms with Gasteiger partial charge in [-0.05, 0) is 49.9 Å². The Morgan fingerprint density at radius 2 is 2.19 bits per heavy atom. The van der Waals surface area contributed by atoms with Crippen molar-refractivity contribution in [2.75, 3.05) is 6.61 Å². The summed E-state index contributed by atoms with van der Waals surface area (Å²) in [6.45, 7) is 7.28. The first-order valence-corrected chi connectivity index (χ1v) is 8.11. The highest BCUT2D eigenvalue weighted by atomic mass is 16.5. The molecule has 0 saturated heterocycles. The molecule has 5 nitrogen and oxygen atoms in total. The SMILES string of the molecule is Cc1c(C(=O)OCC(C)C)nnn1CC1CC2CCC1C2. The normalized spacial score (nSPS) is 27.5. The van der Waals surface area contributed by atoms with Crippen LogP contribution in [0.1, 0.15) is 55.7 Å². The Morgan fingerprint density at radius 3 is 2.81 bits per heavy atom. The van der Waals surface area contributed by atoms with E-state index in [-0.39, 0.29) is 5.97 Å². The predicted octanol–water partition coefficient (Wildman–Crippen LogP) is 2.84. The van der Waals surface area contributed by atoms with Gasteiger partial charge >= 0.3 is 5.97 Å². The summed E-state index contributed by atoms with van der Waals surface area (Å²) in [5.41, 5.74) is 1.21. The number of rotatable bonds is 5. The highest BCUT2D eigenvalue weighted by Crippen LogP contribution is 2.48. The summed E-state index contributed by atoms with van der Waals surface area (Å²) in [4.78, 5) is 12.0. The van der Waals surface area contributed by atoms with Gasteiger partial charge in [0.25, 0.3) is 0 Å². The molecule has 0 amide bonds. The van der Waals surface area contributed by atoms with E-state index in [9.17, 15) is 4.79 Å². The topological polar surface area (TPSA) is 57.0 Å². The Kier molecular flexibility index (Phi) is 4.00. The standard InChI is InChI=1S/C16H25N3O2/c1-10(2)9-21-16(20)15-11(3)19(18-17-15)8-14-7-12-4-5-13(14)6-12/h10,12-14H,4-9H2,1-3H3. The molecule has 3 atom stereocenters. The molecule has 116 valence electrons. The number of aromatic nitrogens is 3. The Labute approximate surface area is 126 Å². The van der Waals surface area contributed by atoms with Crippen molar-refractivity contribution in [1.82, 2.24) is 15.0 Å². The molecule has 2 fully saturated rings. The van der Waals surface area contributed by atoms with Gasteiger partial charge in [0.1, 0.15) is 0 Å². The van der Waals surface area contributed by atoms with E-state index in [4.69, 9.17) is 4.74 Å². The monoisotopic (exact) mass is 291 g/mol. The first kappa shape index (κ1) is 14.5. The fourth-order valence-corrected chi connectivity index (χ4v) is 3.86. The van der Waals surface area contributed by atoms with Gasteiger partial charge in [-0.25, -0.2) is 9.48 Å². The number of carbonyl (C=O) groups is 1. The number of ether oxygens (including phenoxy) is 1. The zero-order valence-corrected chi connectivity index (χ0v) is 13.2. The molecular formula is C16H25N3O2. The molecule has 1 heterocycles. The number of carbonyl (C=O) groups excluding carboxylic acids is 1. The van der Waals surface area contributed by atoms with Crippen LogP contribution in [0.2, 0.25) is 0 Å². The van der Waals surface area contributed by atoms with Crippen LogP contribution in [0.25, 0.3) is 0 Å². The molecule has 2 bridgehead atoms. The molecule has 2 aliphatic rings. The zero-order chi connectivity index (χ0) is 15.0. The third kappa shape index (κ3) is 2.97. The van der Waals surface area contributed by atoms with Gasteiger partial charge in [0.2, 0.25) is 0 Å². The van der Waals surface area contributed by atoms with Crippen LogP contribution < -0.4 is 0 Å². The summed E-state index contributed by atoms with van der Waals surface area (Å²) in [5.74, 6) is 2.48. The van der Waals surface area contributed by atoms with Crippen molar-refractivity contribution in [3.8, 4) is 0 Å². The van der Waals surface area contributed by atoms with Crippen molar-refractivity contribution in [3.63, 3.8) is 0 Å². The van der Waals surface area contributed by atoms with E-state index >= 15 is 0 Å². The zero-order valence-electron chi connectivity index (χ0n) is 13.2. The van der Waals surface area contributed by atoms with Gasteiger partial charge in [0.05, 0.1) is 12.3 Å². The van der Waals surface area contributed by atoms with E-state index in [2.05, 4.69) is 10.3 Å². The Hall–Kier alpha value is -1.39.